The summed E-state index contributed by atoms with van der Waals surface area (Å²) in [7, 11) is 0. The summed E-state index contributed by atoms with van der Waals surface area (Å²) in [6, 6.07) is 5.01. The number of anilines is 1. The number of piperidine rings is 1. The number of urea groups is 1. The minimum absolute atomic E-state index is 0.0282. The average molecular weight is 472 g/mol. The number of benzene rings is 1. The second-order valence-corrected chi connectivity index (χ2v) is 9.97. The summed E-state index contributed by atoms with van der Waals surface area (Å²) in [5.41, 5.74) is 2.13. The highest BCUT2D eigenvalue weighted by molar-refractivity contribution is 6.06. The van der Waals surface area contributed by atoms with E-state index in [1.54, 1.807) is 6.07 Å². The molecular weight excluding hydrogens is 434 g/mol. The normalized spacial score (nSPS) is 24.5. The monoisotopic (exact) mass is 471 g/mol. The van der Waals surface area contributed by atoms with Crippen LogP contribution in [0.3, 0.4) is 0 Å². The van der Waals surface area contributed by atoms with Crippen molar-refractivity contribution in [3.05, 3.63) is 29.3 Å². The van der Waals surface area contributed by atoms with Crippen LogP contribution >= 0.6 is 0 Å². The molecular formula is C26H37N3O5. The number of ether oxygens (including phenoxy) is 2. The van der Waals surface area contributed by atoms with E-state index in [0.29, 0.717) is 43.1 Å². The molecule has 0 spiro atoms. The number of amides is 4. The fraction of sp³-hybridized carbons (Fsp3) is 0.654. The van der Waals surface area contributed by atoms with E-state index in [0.717, 1.165) is 44.1 Å². The minimum Gasteiger partial charge on any atom is -0.376 e. The number of carbonyl (C=O) groups excluding carboxylic acids is 3. The van der Waals surface area contributed by atoms with E-state index < -0.39 is 6.03 Å². The van der Waals surface area contributed by atoms with Gasteiger partial charge >= 0.3 is 6.03 Å². The van der Waals surface area contributed by atoms with Crippen molar-refractivity contribution in [1.29, 1.82) is 0 Å². The predicted molar refractivity (Wildman–Crippen MR) is 129 cm³/mol. The predicted octanol–water partition coefficient (Wildman–Crippen LogP) is 3.80. The molecule has 1 aromatic carbocycles. The van der Waals surface area contributed by atoms with Crippen molar-refractivity contribution in [2.45, 2.75) is 90.1 Å². The lowest BCUT2D eigenvalue weighted by atomic mass is 9.94. The SMILES string of the molecule is Cc1ccc(C(=O)N2CCC(OC3CCC(OC(C)C)CC3)CC2)cc1N1CCC(=O)NC1=O. The Hall–Kier alpha value is -2.45. The van der Waals surface area contributed by atoms with Crippen molar-refractivity contribution < 1.29 is 23.9 Å². The first-order chi connectivity index (χ1) is 16.3. The summed E-state index contributed by atoms with van der Waals surface area (Å²) in [4.78, 5) is 40.4. The highest BCUT2D eigenvalue weighted by Gasteiger charge is 2.30. The Morgan fingerprint density at radius 1 is 0.971 bits per heavy atom. The number of hydrogen-bond donors (Lipinski definition) is 1. The molecule has 0 atom stereocenters. The molecule has 0 unspecified atom stereocenters. The van der Waals surface area contributed by atoms with Crippen LogP contribution in [-0.4, -0.2) is 66.8 Å². The molecule has 34 heavy (non-hydrogen) atoms. The molecule has 2 saturated heterocycles. The molecule has 186 valence electrons. The quantitative estimate of drug-likeness (QED) is 0.682. The van der Waals surface area contributed by atoms with Gasteiger partial charge in [-0.05, 0) is 77.0 Å². The maximum atomic E-state index is 13.2. The highest BCUT2D eigenvalue weighted by Crippen LogP contribution is 2.28. The van der Waals surface area contributed by atoms with Gasteiger partial charge in [-0.1, -0.05) is 6.07 Å². The minimum atomic E-state index is -0.438. The molecule has 4 rings (SSSR count). The molecule has 1 aromatic rings. The maximum Gasteiger partial charge on any atom is 0.328 e. The summed E-state index contributed by atoms with van der Waals surface area (Å²) < 4.78 is 12.3. The highest BCUT2D eigenvalue weighted by atomic mass is 16.5. The molecule has 2 heterocycles. The van der Waals surface area contributed by atoms with E-state index in [2.05, 4.69) is 19.2 Å². The van der Waals surface area contributed by atoms with Gasteiger partial charge in [0, 0.05) is 37.3 Å². The number of aryl methyl sites for hydroxylation is 1. The smallest absolute Gasteiger partial charge is 0.328 e. The Bertz CT molecular complexity index is 902. The molecule has 1 N–H and O–H groups in total. The van der Waals surface area contributed by atoms with Crippen molar-refractivity contribution in [1.82, 2.24) is 10.2 Å². The Kier molecular flexibility index (Phi) is 7.88. The first kappa shape index (κ1) is 24.7. The van der Waals surface area contributed by atoms with Crippen molar-refractivity contribution in [3.63, 3.8) is 0 Å². The van der Waals surface area contributed by atoms with Crippen molar-refractivity contribution >= 4 is 23.5 Å². The van der Waals surface area contributed by atoms with Gasteiger partial charge in [-0.2, -0.15) is 0 Å². The first-order valence-corrected chi connectivity index (χ1v) is 12.6. The molecule has 8 nitrogen and oxygen atoms in total. The number of likely N-dealkylation sites (tertiary alicyclic amines) is 1. The van der Waals surface area contributed by atoms with E-state index in [-0.39, 0.29) is 30.4 Å². The molecule has 2 aliphatic heterocycles. The van der Waals surface area contributed by atoms with Crippen LogP contribution in [0.15, 0.2) is 18.2 Å². The summed E-state index contributed by atoms with van der Waals surface area (Å²) >= 11 is 0. The molecule has 4 amide bonds. The lowest BCUT2D eigenvalue weighted by Gasteiger charge is -2.36. The average Bonchev–Trinajstić information content (AvgIpc) is 2.81. The van der Waals surface area contributed by atoms with Gasteiger partial charge in [0.15, 0.2) is 0 Å². The second-order valence-electron chi connectivity index (χ2n) is 9.97. The second kappa shape index (κ2) is 10.9. The van der Waals surface area contributed by atoms with E-state index in [1.165, 1.54) is 4.90 Å². The molecule has 3 fully saturated rings. The topological polar surface area (TPSA) is 88.2 Å². The zero-order chi connectivity index (χ0) is 24.2. The van der Waals surface area contributed by atoms with Crippen LogP contribution in [0.5, 0.6) is 0 Å². The van der Waals surface area contributed by atoms with Gasteiger partial charge in [-0.25, -0.2) is 4.79 Å². The van der Waals surface area contributed by atoms with Crippen molar-refractivity contribution in [2.75, 3.05) is 24.5 Å². The van der Waals surface area contributed by atoms with Gasteiger partial charge < -0.3 is 14.4 Å². The lowest BCUT2D eigenvalue weighted by Crippen LogP contribution is -2.50. The maximum absolute atomic E-state index is 13.2. The standard InChI is InChI=1S/C26H37N3O5/c1-17(2)33-20-6-8-21(9-7-20)34-22-10-13-28(14-11-22)25(31)19-5-4-18(3)23(16-19)29-15-12-24(30)27-26(29)32/h4-5,16-17,20-22H,6-15H2,1-3H3,(H,27,30,32). The third-order valence-electron chi connectivity index (χ3n) is 7.00. The van der Waals surface area contributed by atoms with Crippen LogP contribution in [-0.2, 0) is 14.3 Å². The number of rotatable bonds is 6. The fourth-order valence-corrected chi connectivity index (χ4v) is 5.17. The lowest BCUT2D eigenvalue weighted by molar-refractivity contribution is -0.120. The summed E-state index contributed by atoms with van der Waals surface area (Å²) in [5, 5.41) is 2.35. The molecule has 1 saturated carbocycles. The van der Waals surface area contributed by atoms with Crippen LogP contribution in [0, 0.1) is 6.92 Å². The van der Waals surface area contributed by atoms with Gasteiger partial charge in [0.05, 0.1) is 24.4 Å². The van der Waals surface area contributed by atoms with Crippen LogP contribution < -0.4 is 10.2 Å². The van der Waals surface area contributed by atoms with E-state index in [9.17, 15) is 14.4 Å². The number of hydrogen-bond acceptors (Lipinski definition) is 5. The summed E-state index contributed by atoms with van der Waals surface area (Å²) in [6.07, 6.45) is 7.23. The summed E-state index contributed by atoms with van der Waals surface area (Å²) in [6.45, 7) is 7.72. The Morgan fingerprint density at radius 2 is 1.62 bits per heavy atom. The third kappa shape index (κ3) is 5.96. The third-order valence-corrected chi connectivity index (χ3v) is 7.00. The zero-order valence-electron chi connectivity index (χ0n) is 20.5. The number of carbonyl (C=O) groups is 3. The molecule has 3 aliphatic rings. The van der Waals surface area contributed by atoms with E-state index >= 15 is 0 Å². The van der Waals surface area contributed by atoms with Crippen molar-refractivity contribution in [3.8, 4) is 0 Å². The Morgan fingerprint density at radius 3 is 2.26 bits per heavy atom. The van der Waals surface area contributed by atoms with Gasteiger partial charge in [0.2, 0.25) is 5.91 Å². The molecule has 8 heteroatoms. The van der Waals surface area contributed by atoms with Gasteiger partial charge in [0.25, 0.3) is 5.91 Å². The fourth-order valence-electron chi connectivity index (χ4n) is 5.17. The van der Waals surface area contributed by atoms with Gasteiger partial charge in [-0.15, -0.1) is 0 Å². The Balaban J connectivity index is 1.29. The largest absolute Gasteiger partial charge is 0.376 e. The van der Waals surface area contributed by atoms with Gasteiger partial charge in [-0.3, -0.25) is 19.8 Å². The van der Waals surface area contributed by atoms with E-state index in [4.69, 9.17) is 9.47 Å². The van der Waals surface area contributed by atoms with Crippen LogP contribution in [0.4, 0.5) is 10.5 Å². The number of nitrogens with zero attached hydrogens (tertiary/aromatic N) is 2. The summed E-state index contributed by atoms with van der Waals surface area (Å²) in [5.74, 6) is -0.298. The molecule has 0 radical (unpaired) electrons. The van der Waals surface area contributed by atoms with Gasteiger partial charge in [0.1, 0.15) is 0 Å². The Labute approximate surface area is 201 Å². The van der Waals surface area contributed by atoms with Crippen LogP contribution in [0.2, 0.25) is 0 Å². The zero-order valence-corrected chi connectivity index (χ0v) is 20.5. The number of imide groups is 1. The van der Waals surface area contributed by atoms with Crippen LogP contribution in [0.25, 0.3) is 0 Å². The molecule has 0 aromatic heterocycles. The number of nitrogens with one attached hydrogen (secondary N) is 1. The van der Waals surface area contributed by atoms with E-state index in [1.807, 2.05) is 24.0 Å². The van der Waals surface area contributed by atoms with Crippen LogP contribution in [0.1, 0.15) is 74.7 Å². The molecule has 1 aliphatic carbocycles. The van der Waals surface area contributed by atoms with Crippen molar-refractivity contribution in [2.24, 2.45) is 0 Å². The first-order valence-electron chi connectivity index (χ1n) is 12.6. The molecule has 0 bridgehead atoms.